The predicted molar refractivity (Wildman–Crippen MR) is 104 cm³/mol. The molecule has 2 nitrogen and oxygen atoms in total. The minimum atomic E-state index is -0.753. The Morgan fingerprint density at radius 1 is 0.920 bits per heavy atom. The Kier molecular flexibility index (Phi) is 4.89. The van der Waals surface area contributed by atoms with E-state index in [1.165, 1.54) is 21.9 Å². The van der Waals surface area contributed by atoms with E-state index in [0.717, 1.165) is 11.1 Å². The third-order valence-corrected chi connectivity index (χ3v) is 4.83. The van der Waals surface area contributed by atoms with Crippen LogP contribution in [0.5, 0.6) is 0 Å². The van der Waals surface area contributed by atoms with E-state index in [1.807, 2.05) is 6.07 Å². The van der Waals surface area contributed by atoms with E-state index in [1.54, 1.807) is 6.92 Å². The predicted octanol–water partition coefficient (Wildman–Crippen LogP) is 5.89. The summed E-state index contributed by atoms with van der Waals surface area (Å²) in [5, 5.41) is 11.7. The van der Waals surface area contributed by atoms with E-state index in [4.69, 9.17) is 0 Å². The van der Waals surface area contributed by atoms with Crippen LogP contribution in [-0.2, 0) is 11.2 Å². The van der Waals surface area contributed by atoms with Crippen LogP contribution in [0, 0.1) is 5.92 Å². The van der Waals surface area contributed by atoms with Crippen LogP contribution in [0.2, 0.25) is 0 Å². The zero-order valence-corrected chi connectivity index (χ0v) is 15.0. The molecule has 0 saturated carbocycles. The van der Waals surface area contributed by atoms with E-state index in [0.29, 0.717) is 12.3 Å². The van der Waals surface area contributed by atoms with Gasteiger partial charge in [-0.1, -0.05) is 81.4 Å². The molecule has 1 unspecified atom stereocenters. The smallest absolute Gasteiger partial charge is 0.306 e. The van der Waals surface area contributed by atoms with Gasteiger partial charge in [-0.05, 0) is 45.4 Å². The minimum Gasteiger partial charge on any atom is -0.481 e. The van der Waals surface area contributed by atoms with E-state index in [9.17, 15) is 9.90 Å². The van der Waals surface area contributed by atoms with E-state index >= 15 is 0 Å². The number of rotatable bonds is 5. The molecule has 0 aliphatic rings. The summed E-state index contributed by atoms with van der Waals surface area (Å²) in [6.07, 6.45) is 0.534. The molecule has 0 amide bonds. The van der Waals surface area contributed by atoms with Gasteiger partial charge in [0.15, 0.2) is 0 Å². The van der Waals surface area contributed by atoms with Gasteiger partial charge in [-0.3, -0.25) is 4.79 Å². The van der Waals surface area contributed by atoms with Crippen LogP contribution in [-0.4, -0.2) is 11.1 Å². The van der Waals surface area contributed by atoms with Crippen LogP contribution in [0.25, 0.3) is 21.9 Å². The number of carboxylic acid groups (broad SMARTS) is 1. The lowest BCUT2D eigenvalue weighted by molar-refractivity contribution is -0.141. The highest BCUT2D eigenvalue weighted by Crippen LogP contribution is 2.34. The Morgan fingerprint density at radius 3 is 2.36 bits per heavy atom. The van der Waals surface area contributed by atoms with Gasteiger partial charge in [0.2, 0.25) is 0 Å². The molecule has 1 N–H and O–H groups in total. The van der Waals surface area contributed by atoms with Crippen LogP contribution in [0.3, 0.4) is 0 Å². The van der Waals surface area contributed by atoms with Crippen molar-refractivity contribution < 1.29 is 9.90 Å². The third-order valence-electron chi connectivity index (χ3n) is 4.83. The van der Waals surface area contributed by atoms with E-state index in [-0.39, 0.29) is 0 Å². The van der Waals surface area contributed by atoms with Crippen molar-refractivity contribution in [2.75, 3.05) is 0 Å². The van der Waals surface area contributed by atoms with Crippen LogP contribution in [0.4, 0.5) is 0 Å². The van der Waals surface area contributed by atoms with Crippen molar-refractivity contribution in [3.05, 3.63) is 71.8 Å². The lowest BCUT2D eigenvalue weighted by atomic mass is 9.87. The first-order valence-corrected chi connectivity index (χ1v) is 8.81. The summed E-state index contributed by atoms with van der Waals surface area (Å²) in [6.45, 7) is 6.13. The lowest BCUT2D eigenvalue weighted by Crippen LogP contribution is -2.13. The normalized spacial score (nSPS) is 12.5. The molecule has 128 valence electrons. The molecular formula is C23H24O2. The summed E-state index contributed by atoms with van der Waals surface area (Å²) in [7, 11) is 0. The summed E-state index contributed by atoms with van der Waals surface area (Å²) >= 11 is 0. The zero-order chi connectivity index (χ0) is 18.0. The van der Waals surface area contributed by atoms with Gasteiger partial charge in [-0.15, -0.1) is 0 Å². The maximum absolute atomic E-state index is 11.3. The molecule has 0 aromatic heterocycles. The molecule has 0 aliphatic carbocycles. The fourth-order valence-electron chi connectivity index (χ4n) is 3.26. The molecule has 0 radical (unpaired) electrons. The standard InChI is InChI=1S/C23H24O2/c1-15(2)18-11-12-19(13-16(3)23(24)25)22(14-18)21-10-6-8-17-7-4-5-9-20(17)21/h4-12,14-16H,13H2,1-3H3,(H,24,25). The van der Waals surface area contributed by atoms with Crippen LogP contribution < -0.4 is 0 Å². The Balaban J connectivity index is 2.20. The Morgan fingerprint density at radius 2 is 1.64 bits per heavy atom. The van der Waals surface area contributed by atoms with Gasteiger partial charge < -0.3 is 5.11 Å². The largest absolute Gasteiger partial charge is 0.481 e. The molecule has 0 aliphatic heterocycles. The average molecular weight is 332 g/mol. The molecule has 0 saturated heterocycles. The number of carbonyl (C=O) groups is 1. The highest BCUT2D eigenvalue weighted by Gasteiger charge is 2.17. The highest BCUT2D eigenvalue weighted by atomic mass is 16.4. The maximum atomic E-state index is 11.3. The summed E-state index contributed by atoms with van der Waals surface area (Å²) in [5.41, 5.74) is 4.69. The van der Waals surface area contributed by atoms with Gasteiger partial charge in [-0.25, -0.2) is 0 Å². The topological polar surface area (TPSA) is 37.3 Å². The second-order valence-electron chi connectivity index (χ2n) is 7.04. The quantitative estimate of drug-likeness (QED) is 0.632. The maximum Gasteiger partial charge on any atom is 0.306 e. The average Bonchev–Trinajstić information content (AvgIpc) is 2.61. The first-order valence-electron chi connectivity index (χ1n) is 8.81. The van der Waals surface area contributed by atoms with Gasteiger partial charge in [0.05, 0.1) is 5.92 Å². The zero-order valence-electron chi connectivity index (χ0n) is 15.0. The number of hydrogen-bond acceptors (Lipinski definition) is 1. The van der Waals surface area contributed by atoms with Crippen molar-refractivity contribution in [1.29, 1.82) is 0 Å². The van der Waals surface area contributed by atoms with Gasteiger partial charge in [0, 0.05) is 0 Å². The second-order valence-corrected chi connectivity index (χ2v) is 7.04. The summed E-state index contributed by atoms with van der Waals surface area (Å²) < 4.78 is 0. The molecule has 25 heavy (non-hydrogen) atoms. The molecule has 0 spiro atoms. The fourth-order valence-corrected chi connectivity index (χ4v) is 3.26. The number of hydrogen-bond donors (Lipinski definition) is 1. The van der Waals surface area contributed by atoms with E-state index < -0.39 is 11.9 Å². The Labute approximate surface area is 149 Å². The minimum absolute atomic E-state index is 0.404. The third kappa shape index (κ3) is 3.58. The van der Waals surface area contributed by atoms with Crippen LogP contribution in [0.15, 0.2) is 60.7 Å². The van der Waals surface area contributed by atoms with Crippen LogP contribution >= 0.6 is 0 Å². The molecule has 0 heterocycles. The Hall–Kier alpha value is -2.61. The Bertz CT molecular complexity index is 904. The molecule has 3 rings (SSSR count). The highest BCUT2D eigenvalue weighted by molar-refractivity contribution is 5.97. The van der Waals surface area contributed by atoms with Gasteiger partial charge >= 0.3 is 5.97 Å². The molecular weight excluding hydrogens is 308 g/mol. The van der Waals surface area contributed by atoms with Crippen molar-refractivity contribution in [3.8, 4) is 11.1 Å². The first kappa shape index (κ1) is 17.2. The first-order chi connectivity index (χ1) is 12.0. The number of aliphatic carboxylic acids is 1. The number of benzene rings is 3. The van der Waals surface area contributed by atoms with Crippen molar-refractivity contribution >= 4 is 16.7 Å². The molecule has 3 aromatic carbocycles. The van der Waals surface area contributed by atoms with Crippen molar-refractivity contribution in [2.45, 2.75) is 33.1 Å². The lowest BCUT2D eigenvalue weighted by Gasteiger charge is -2.17. The van der Waals surface area contributed by atoms with Gasteiger partial charge in [-0.2, -0.15) is 0 Å². The summed E-state index contributed by atoms with van der Waals surface area (Å²) in [5.74, 6) is -0.727. The number of carboxylic acids is 1. The summed E-state index contributed by atoms with van der Waals surface area (Å²) in [4.78, 5) is 11.3. The molecule has 0 fully saturated rings. The van der Waals surface area contributed by atoms with E-state index in [2.05, 4.69) is 68.4 Å². The molecule has 2 heteroatoms. The second kappa shape index (κ2) is 7.10. The monoisotopic (exact) mass is 332 g/mol. The van der Waals surface area contributed by atoms with Crippen LogP contribution in [0.1, 0.15) is 37.8 Å². The molecule has 0 bridgehead atoms. The molecule has 1 atom stereocenters. The van der Waals surface area contributed by atoms with Crippen molar-refractivity contribution in [3.63, 3.8) is 0 Å². The number of fused-ring (bicyclic) bond motifs is 1. The van der Waals surface area contributed by atoms with Crippen molar-refractivity contribution in [1.82, 2.24) is 0 Å². The molecule has 3 aromatic rings. The SMILES string of the molecule is CC(Cc1ccc(C(C)C)cc1-c1cccc2ccccc12)C(=O)O. The van der Waals surface area contributed by atoms with Gasteiger partial charge in [0.1, 0.15) is 0 Å². The fraction of sp³-hybridized carbons (Fsp3) is 0.261. The van der Waals surface area contributed by atoms with Crippen molar-refractivity contribution in [2.24, 2.45) is 5.92 Å². The summed E-state index contributed by atoms with van der Waals surface area (Å²) in [6, 6.07) is 21.1. The van der Waals surface area contributed by atoms with Gasteiger partial charge in [0.25, 0.3) is 0 Å².